The van der Waals surface area contributed by atoms with Crippen molar-refractivity contribution in [1.29, 1.82) is 0 Å². The molecule has 0 radical (unpaired) electrons. The SMILES string of the molecule is CC1CCN(C(=O)c2c(F)c(F)c(F)c(F)c2F)CC1. The summed E-state index contributed by atoms with van der Waals surface area (Å²) in [5, 5.41) is 0. The lowest BCUT2D eigenvalue weighted by Crippen LogP contribution is -2.39. The van der Waals surface area contributed by atoms with E-state index < -0.39 is 40.6 Å². The van der Waals surface area contributed by atoms with Gasteiger partial charge in [-0.25, -0.2) is 22.0 Å². The topological polar surface area (TPSA) is 20.3 Å². The summed E-state index contributed by atoms with van der Waals surface area (Å²) in [7, 11) is 0. The van der Waals surface area contributed by atoms with E-state index in [9.17, 15) is 26.7 Å². The first-order chi connectivity index (χ1) is 9.34. The number of carbonyl (C=O) groups is 1. The maximum absolute atomic E-state index is 13.5. The summed E-state index contributed by atoms with van der Waals surface area (Å²) < 4.78 is 66.1. The largest absolute Gasteiger partial charge is 0.338 e. The highest BCUT2D eigenvalue weighted by Gasteiger charge is 2.33. The van der Waals surface area contributed by atoms with Gasteiger partial charge < -0.3 is 4.90 Å². The second kappa shape index (κ2) is 5.38. The standard InChI is InChI=1S/C13H12F5NO/c1-6-2-4-19(5-3-6)13(20)7-8(14)10(16)12(18)11(17)9(7)15/h6H,2-5H2,1H3. The fourth-order valence-corrected chi connectivity index (χ4v) is 2.16. The number of halogens is 5. The van der Waals surface area contributed by atoms with E-state index in [1.807, 2.05) is 6.92 Å². The van der Waals surface area contributed by atoms with Crippen molar-refractivity contribution in [3.63, 3.8) is 0 Å². The molecule has 1 saturated heterocycles. The van der Waals surface area contributed by atoms with Crippen molar-refractivity contribution >= 4 is 5.91 Å². The minimum atomic E-state index is -2.26. The first-order valence-corrected chi connectivity index (χ1v) is 6.15. The summed E-state index contributed by atoms with van der Waals surface area (Å²) in [5.41, 5.74) is -1.38. The summed E-state index contributed by atoms with van der Waals surface area (Å²) in [4.78, 5) is 13.1. The minimum Gasteiger partial charge on any atom is -0.338 e. The van der Waals surface area contributed by atoms with Gasteiger partial charge >= 0.3 is 0 Å². The molecule has 2 rings (SSSR count). The lowest BCUT2D eigenvalue weighted by atomic mass is 9.98. The Kier molecular flexibility index (Phi) is 3.96. The Hall–Kier alpha value is -1.66. The van der Waals surface area contributed by atoms with Crippen LogP contribution in [0.3, 0.4) is 0 Å². The highest BCUT2D eigenvalue weighted by molar-refractivity contribution is 5.95. The van der Waals surface area contributed by atoms with Gasteiger partial charge in [-0.3, -0.25) is 4.79 Å². The van der Waals surface area contributed by atoms with Gasteiger partial charge in [0.1, 0.15) is 5.56 Å². The van der Waals surface area contributed by atoms with E-state index in [0.29, 0.717) is 18.8 Å². The van der Waals surface area contributed by atoms with Crippen molar-refractivity contribution in [3.05, 3.63) is 34.6 Å². The van der Waals surface area contributed by atoms with Crippen molar-refractivity contribution < 1.29 is 26.7 Å². The number of rotatable bonds is 1. The number of carbonyl (C=O) groups excluding carboxylic acids is 1. The van der Waals surface area contributed by atoms with Crippen LogP contribution in [0.1, 0.15) is 30.1 Å². The van der Waals surface area contributed by atoms with E-state index >= 15 is 0 Å². The van der Waals surface area contributed by atoms with Crippen molar-refractivity contribution in [2.45, 2.75) is 19.8 Å². The lowest BCUT2D eigenvalue weighted by Gasteiger charge is -2.30. The maximum Gasteiger partial charge on any atom is 0.260 e. The van der Waals surface area contributed by atoms with E-state index in [4.69, 9.17) is 0 Å². The number of nitrogens with zero attached hydrogens (tertiary/aromatic N) is 1. The summed E-state index contributed by atoms with van der Waals surface area (Å²) in [6.45, 7) is 2.43. The van der Waals surface area contributed by atoms with Crippen LogP contribution in [0, 0.1) is 35.0 Å². The second-order valence-corrected chi connectivity index (χ2v) is 4.92. The zero-order valence-corrected chi connectivity index (χ0v) is 10.7. The van der Waals surface area contributed by atoms with Gasteiger partial charge in [0.25, 0.3) is 5.91 Å². The fraction of sp³-hybridized carbons (Fsp3) is 0.462. The molecule has 1 amide bonds. The van der Waals surface area contributed by atoms with E-state index in [2.05, 4.69) is 0 Å². The molecule has 1 aliphatic heterocycles. The summed E-state index contributed by atoms with van der Waals surface area (Å²) in [5.74, 6) is -11.4. The molecule has 0 aromatic heterocycles. The average molecular weight is 293 g/mol. The number of piperidine rings is 1. The molecule has 2 nitrogen and oxygen atoms in total. The third-order valence-corrected chi connectivity index (χ3v) is 3.49. The van der Waals surface area contributed by atoms with Gasteiger partial charge in [-0.15, -0.1) is 0 Å². The average Bonchev–Trinajstić information content (AvgIpc) is 2.44. The van der Waals surface area contributed by atoms with Gasteiger partial charge in [0.15, 0.2) is 23.3 Å². The van der Waals surface area contributed by atoms with E-state index in [0.717, 1.165) is 4.90 Å². The number of likely N-dealkylation sites (tertiary alicyclic amines) is 1. The summed E-state index contributed by atoms with van der Waals surface area (Å²) >= 11 is 0. The molecule has 0 N–H and O–H groups in total. The Morgan fingerprint density at radius 2 is 1.30 bits per heavy atom. The Morgan fingerprint density at radius 1 is 0.900 bits per heavy atom. The zero-order valence-electron chi connectivity index (χ0n) is 10.7. The lowest BCUT2D eigenvalue weighted by molar-refractivity contribution is 0.0684. The molecule has 0 unspecified atom stereocenters. The highest BCUT2D eigenvalue weighted by Crippen LogP contribution is 2.26. The Bertz CT molecular complexity index is 523. The highest BCUT2D eigenvalue weighted by atomic mass is 19.2. The Morgan fingerprint density at radius 3 is 1.75 bits per heavy atom. The van der Waals surface area contributed by atoms with E-state index in [1.165, 1.54) is 0 Å². The molecule has 1 aromatic carbocycles. The van der Waals surface area contributed by atoms with Crippen LogP contribution in [-0.4, -0.2) is 23.9 Å². The third kappa shape index (κ3) is 2.36. The molecule has 7 heteroatoms. The maximum atomic E-state index is 13.5. The van der Waals surface area contributed by atoms with Crippen LogP contribution >= 0.6 is 0 Å². The van der Waals surface area contributed by atoms with Gasteiger partial charge in [-0.2, -0.15) is 0 Å². The quantitative estimate of drug-likeness (QED) is 0.442. The van der Waals surface area contributed by atoms with Crippen LogP contribution in [0.15, 0.2) is 0 Å². The van der Waals surface area contributed by atoms with Gasteiger partial charge in [0, 0.05) is 13.1 Å². The number of benzene rings is 1. The smallest absolute Gasteiger partial charge is 0.260 e. The third-order valence-electron chi connectivity index (χ3n) is 3.49. The van der Waals surface area contributed by atoms with Crippen molar-refractivity contribution in [2.75, 3.05) is 13.1 Å². The molecule has 110 valence electrons. The normalized spacial score (nSPS) is 16.6. The van der Waals surface area contributed by atoms with Crippen molar-refractivity contribution in [1.82, 2.24) is 4.90 Å². The van der Waals surface area contributed by atoms with Crippen LogP contribution in [0.4, 0.5) is 22.0 Å². The van der Waals surface area contributed by atoms with Crippen LogP contribution in [0.5, 0.6) is 0 Å². The monoisotopic (exact) mass is 293 g/mol. The van der Waals surface area contributed by atoms with Crippen molar-refractivity contribution in [3.8, 4) is 0 Å². The second-order valence-electron chi connectivity index (χ2n) is 4.92. The zero-order chi connectivity index (χ0) is 15.0. The summed E-state index contributed by atoms with van der Waals surface area (Å²) in [6.07, 6.45) is 1.25. The van der Waals surface area contributed by atoms with Gasteiger partial charge in [0.05, 0.1) is 0 Å². The first kappa shape index (κ1) is 14.7. The van der Waals surface area contributed by atoms with Crippen LogP contribution in [0.25, 0.3) is 0 Å². The molecule has 1 aliphatic rings. The van der Waals surface area contributed by atoms with Crippen LogP contribution < -0.4 is 0 Å². The molecule has 0 saturated carbocycles. The van der Waals surface area contributed by atoms with Gasteiger partial charge in [0.2, 0.25) is 5.82 Å². The molecular formula is C13H12F5NO. The molecule has 1 fully saturated rings. The van der Waals surface area contributed by atoms with E-state index in [-0.39, 0.29) is 13.1 Å². The van der Waals surface area contributed by atoms with Gasteiger partial charge in [-0.1, -0.05) is 6.92 Å². The van der Waals surface area contributed by atoms with Gasteiger partial charge in [-0.05, 0) is 18.8 Å². The molecule has 0 spiro atoms. The number of amides is 1. The van der Waals surface area contributed by atoms with Crippen molar-refractivity contribution in [2.24, 2.45) is 5.92 Å². The number of hydrogen-bond donors (Lipinski definition) is 0. The van der Waals surface area contributed by atoms with E-state index in [1.54, 1.807) is 0 Å². The molecular weight excluding hydrogens is 281 g/mol. The molecule has 1 aromatic rings. The Labute approximate surface area is 112 Å². The first-order valence-electron chi connectivity index (χ1n) is 6.15. The summed E-state index contributed by atoms with van der Waals surface area (Å²) in [6, 6.07) is 0. The molecule has 0 bridgehead atoms. The molecule has 0 aliphatic carbocycles. The predicted molar refractivity (Wildman–Crippen MR) is 60.5 cm³/mol. The Balaban J connectivity index is 2.40. The molecule has 0 atom stereocenters. The molecule has 20 heavy (non-hydrogen) atoms. The minimum absolute atomic E-state index is 0.236. The van der Waals surface area contributed by atoms with Crippen LogP contribution in [-0.2, 0) is 0 Å². The fourth-order valence-electron chi connectivity index (χ4n) is 2.16. The molecule has 1 heterocycles. The number of hydrogen-bond acceptors (Lipinski definition) is 1. The van der Waals surface area contributed by atoms with Crippen LogP contribution in [0.2, 0.25) is 0 Å². The predicted octanol–water partition coefficient (Wildman–Crippen LogP) is 3.25.